The van der Waals surface area contributed by atoms with Crippen molar-refractivity contribution in [2.24, 2.45) is 5.73 Å². The lowest BCUT2D eigenvalue weighted by atomic mass is 10.2. The van der Waals surface area contributed by atoms with Crippen LogP contribution < -0.4 is 5.73 Å². The van der Waals surface area contributed by atoms with Gasteiger partial charge in [0.1, 0.15) is 5.60 Å². The number of nitrogens with zero attached hydrogens (tertiary/aromatic N) is 2. The van der Waals surface area contributed by atoms with Crippen LogP contribution in [0.4, 0.5) is 4.79 Å². The van der Waals surface area contributed by atoms with Gasteiger partial charge in [0.25, 0.3) is 0 Å². The summed E-state index contributed by atoms with van der Waals surface area (Å²) in [5, 5.41) is 0. The second-order valence-electron chi connectivity index (χ2n) is 5.91. The molecule has 19 heavy (non-hydrogen) atoms. The fourth-order valence-corrected chi connectivity index (χ4v) is 2.33. The first-order chi connectivity index (χ1) is 8.90. The lowest BCUT2D eigenvalue weighted by molar-refractivity contribution is 0.0198. The minimum Gasteiger partial charge on any atom is -0.444 e. The van der Waals surface area contributed by atoms with Crippen LogP contribution in [0, 0.1) is 0 Å². The van der Waals surface area contributed by atoms with E-state index >= 15 is 0 Å². The molecule has 0 saturated heterocycles. The average Bonchev–Trinajstić information content (AvgIpc) is 2.70. The molecule has 5 nitrogen and oxygen atoms in total. The molecule has 106 valence electrons. The number of ether oxygens (including phenoxy) is 1. The van der Waals surface area contributed by atoms with Gasteiger partial charge in [0.05, 0.1) is 6.54 Å². The third-order valence-electron chi connectivity index (χ3n) is 3.16. The van der Waals surface area contributed by atoms with E-state index in [4.69, 9.17) is 10.5 Å². The summed E-state index contributed by atoms with van der Waals surface area (Å²) >= 11 is 0. The summed E-state index contributed by atoms with van der Waals surface area (Å²) in [6.45, 7) is 8.43. The third-order valence-corrected chi connectivity index (χ3v) is 3.16. The largest absolute Gasteiger partial charge is 0.444 e. The van der Waals surface area contributed by atoms with Crippen molar-refractivity contribution in [1.82, 2.24) is 9.47 Å². The molecule has 2 rings (SSSR count). The van der Waals surface area contributed by atoms with Gasteiger partial charge in [-0.15, -0.1) is 0 Å². The van der Waals surface area contributed by atoms with E-state index in [9.17, 15) is 4.79 Å². The first-order valence-electron chi connectivity index (χ1n) is 6.76. The van der Waals surface area contributed by atoms with Crippen molar-refractivity contribution in [2.75, 3.05) is 13.1 Å². The molecule has 2 heterocycles. The highest BCUT2D eigenvalue weighted by Crippen LogP contribution is 2.19. The Morgan fingerprint density at radius 2 is 2.11 bits per heavy atom. The predicted molar refractivity (Wildman–Crippen MR) is 73.8 cm³/mol. The molecule has 1 aromatic heterocycles. The lowest BCUT2D eigenvalue weighted by Crippen LogP contribution is -2.41. The molecule has 0 saturated carbocycles. The van der Waals surface area contributed by atoms with Gasteiger partial charge in [-0.2, -0.15) is 0 Å². The number of rotatable bonds is 2. The van der Waals surface area contributed by atoms with Crippen molar-refractivity contribution in [3.8, 4) is 0 Å². The summed E-state index contributed by atoms with van der Waals surface area (Å²) in [6, 6.07) is 4.17. The van der Waals surface area contributed by atoms with Crippen molar-refractivity contribution in [3.05, 3.63) is 23.5 Å². The van der Waals surface area contributed by atoms with Gasteiger partial charge >= 0.3 is 6.09 Å². The van der Waals surface area contributed by atoms with Crippen LogP contribution in [-0.4, -0.2) is 34.3 Å². The van der Waals surface area contributed by atoms with Crippen molar-refractivity contribution < 1.29 is 9.53 Å². The third kappa shape index (κ3) is 3.29. The molecule has 2 N–H and O–H groups in total. The Bertz CT molecular complexity index is 460. The number of carbonyl (C=O) groups is 1. The lowest BCUT2D eigenvalue weighted by Gasteiger charge is -2.31. The second-order valence-corrected chi connectivity index (χ2v) is 5.91. The minimum absolute atomic E-state index is 0.236. The maximum atomic E-state index is 12.0. The van der Waals surface area contributed by atoms with E-state index in [0.717, 1.165) is 18.7 Å². The van der Waals surface area contributed by atoms with Gasteiger partial charge in [-0.05, 0) is 45.9 Å². The zero-order valence-electron chi connectivity index (χ0n) is 12.0. The maximum Gasteiger partial charge on any atom is 0.410 e. The van der Waals surface area contributed by atoms with Gasteiger partial charge in [-0.1, -0.05) is 0 Å². The van der Waals surface area contributed by atoms with Gasteiger partial charge in [0.2, 0.25) is 0 Å². The van der Waals surface area contributed by atoms with Gasteiger partial charge in [-0.3, -0.25) is 0 Å². The molecule has 1 aromatic rings. The number of amides is 1. The van der Waals surface area contributed by atoms with Crippen LogP contribution in [0.2, 0.25) is 0 Å². The number of nitrogens with two attached hydrogens (primary N) is 1. The molecule has 0 unspecified atom stereocenters. The van der Waals surface area contributed by atoms with Crippen LogP contribution in [0.15, 0.2) is 12.1 Å². The minimum atomic E-state index is -0.443. The van der Waals surface area contributed by atoms with Crippen molar-refractivity contribution in [1.29, 1.82) is 0 Å². The van der Waals surface area contributed by atoms with Gasteiger partial charge in [0.15, 0.2) is 0 Å². The monoisotopic (exact) mass is 265 g/mol. The van der Waals surface area contributed by atoms with Crippen LogP contribution >= 0.6 is 0 Å². The Balaban J connectivity index is 2.04. The Kier molecular flexibility index (Phi) is 3.85. The summed E-state index contributed by atoms with van der Waals surface area (Å²) in [5.74, 6) is 0. The zero-order chi connectivity index (χ0) is 14.0. The van der Waals surface area contributed by atoms with Gasteiger partial charge in [0, 0.05) is 24.5 Å². The van der Waals surface area contributed by atoms with E-state index in [1.807, 2.05) is 20.8 Å². The van der Waals surface area contributed by atoms with Crippen LogP contribution in [0.25, 0.3) is 0 Å². The molecule has 1 aliphatic heterocycles. The fourth-order valence-electron chi connectivity index (χ4n) is 2.33. The molecule has 0 aromatic carbocycles. The summed E-state index contributed by atoms with van der Waals surface area (Å²) < 4.78 is 7.66. The molecule has 0 fully saturated rings. The highest BCUT2D eigenvalue weighted by atomic mass is 16.6. The van der Waals surface area contributed by atoms with Crippen LogP contribution in [0.1, 0.15) is 32.2 Å². The highest BCUT2D eigenvalue weighted by Gasteiger charge is 2.26. The number of hydrogen-bond acceptors (Lipinski definition) is 3. The van der Waals surface area contributed by atoms with Crippen LogP contribution in [0.5, 0.6) is 0 Å². The number of fused-ring (bicyclic) bond motifs is 1. The molecule has 0 bridgehead atoms. The predicted octanol–water partition coefficient (Wildman–Crippen LogP) is 1.74. The molecule has 1 amide bonds. The molecular formula is C14H23N3O2. The standard InChI is InChI=1S/C14H23N3O2/c1-14(2,3)19-13(18)16-8-9-17-11(6-7-15)4-5-12(17)10-16/h4-5H,6-10,15H2,1-3H3. The maximum absolute atomic E-state index is 12.0. The molecule has 1 aliphatic rings. The van der Waals surface area contributed by atoms with E-state index in [1.54, 1.807) is 4.90 Å². The Morgan fingerprint density at radius 3 is 2.74 bits per heavy atom. The topological polar surface area (TPSA) is 60.5 Å². The quantitative estimate of drug-likeness (QED) is 0.886. The first-order valence-corrected chi connectivity index (χ1v) is 6.76. The second kappa shape index (κ2) is 5.25. The average molecular weight is 265 g/mol. The summed E-state index contributed by atoms with van der Waals surface area (Å²) in [4.78, 5) is 13.8. The molecule has 0 spiro atoms. The van der Waals surface area contributed by atoms with Gasteiger partial charge < -0.3 is 19.9 Å². The summed E-state index contributed by atoms with van der Waals surface area (Å²) in [6.07, 6.45) is 0.646. The first kappa shape index (κ1) is 13.9. The van der Waals surface area contributed by atoms with Gasteiger partial charge in [-0.25, -0.2) is 4.79 Å². The van der Waals surface area contributed by atoms with E-state index in [1.165, 1.54) is 5.69 Å². The number of carbonyl (C=O) groups excluding carboxylic acids is 1. The Morgan fingerprint density at radius 1 is 1.37 bits per heavy atom. The SMILES string of the molecule is CC(C)(C)OC(=O)N1CCn2c(CCN)ccc2C1. The van der Waals surface area contributed by atoms with Crippen molar-refractivity contribution >= 4 is 6.09 Å². The van der Waals surface area contributed by atoms with E-state index < -0.39 is 5.60 Å². The molecule has 0 radical (unpaired) electrons. The van der Waals surface area contributed by atoms with Crippen LogP contribution in [-0.2, 0) is 24.2 Å². The molecule has 5 heteroatoms. The van der Waals surface area contributed by atoms with E-state index in [2.05, 4.69) is 16.7 Å². The molecule has 0 aliphatic carbocycles. The van der Waals surface area contributed by atoms with Crippen molar-refractivity contribution in [3.63, 3.8) is 0 Å². The molecular weight excluding hydrogens is 242 g/mol. The van der Waals surface area contributed by atoms with E-state index in [-0.39, 0.29) is 6.09 Å². The fraction of sp³-hybridized carbons (Fsp3) is 0.643. The van der Waals surface area contributed by atoms with E-state index in [0.29, 0.717) is 19.6 Å². The number of hydrogen-bond donors (Lipinski definition) is 1. The Hall–Kier alpha value is -1.49. The van der Waals surface area contributed by atoms with Crippen LogP contribution in [0.3, 0.4) is 0 Å². The zero-order valence-corrected chi connectivity index (χ0v) is 12.0. The normalized spacial score (nSPS) is 15.3. The summed E-state index contributed by atoms with van der Waals surface area (Å²) in [7, 11) is 0. The number of aromatic nitrogens is 1. The smallest absolute Gasteiger partial charge is 0.410 e. The van der Waals surface area contributed by atoms with Crippen molar-refractivity contribution in [2.45, 2.75) is 45.9 Å². The molecule has 0 atom stereocenters. The summed E-state index contributed by atoms with van der Waals surface area (Å²) in [5.41, 5.74) is 7.56. The Labute approximate surface area is 114 Å². The highest BCUT2D eigenvalue weighted by molar-refractivity contribution is 5.68.